The highest BCUT2D eigenvalue weighted by atomic mass is 16.5. The second-order valence-electron chi connectivity index (χ2n) is 1.30. The van der Waals surface area contributed by atoms with Gasteiger partial charge in [-0.2, -0.15) is 0 Å². The average molecular weight is 131 g/mol. The molecule has 0 unspecified atom stereocenters. The summed E-state index contributed by atoms with van der Waals surface area (Å²) in [5, 5.41) is 8.14. The van der Waals surface area contributed by atoms with Crippen LogP contribution in [0.4, 0.5) is 0 Å². The molecule has 0 rings (SSSR count). The van der Waals surface area contributed by atoms with E-state index in [1.54, 1.807) is 6.92 Å². The third-order valence-electron chi connectivity index (χ3n) is 0.650. The Labute approximate surface area is 52.9 Å². The van der Waals surface area contributed by atoms with E-state index >= 15 is 0 Å². The van der Waals surface area contributed by atoms with E-state index in [4.69, 9.17) is 10.8 Å². The minimum Gasteiger partial charge on any atom is -0.513 e. The lowest BCUT2D eigenvalue weighted by molar-refractivity contribution is -0.138. The molecule has 0 spiro atoms. The standard InChI is InChI=1S/C5H9NO3/c1-2-9-5(8)4(6)3-7/h3,7H,2,6H2,1H3/b4-3+. The van der Waals surface area contributed by atoms with Crippen LogP contribution in [-0.4, -0.2) is 17.7 Å². The first-order valence-electron chi connectivity index (χ1n) is 2.49. The van der Waals surface area contributed by atoms with E-state index in [-0.39, 0.29) is 12.3 Å². The quantitative estimate of drug-likeness (QED) is 0.312. The summed E-state index contributed by atoms with van der Waals surface area (Å²) < 4.78 is 4.40. The number of carbonyl (C=O) groups is 1. The zero-order valence-electron chi connectivity index (χ0n) is 5.13. The highest BCUT2D eigenvalue weighted by Crippen LogP contribution is 1.85. The Kier molecular flexibility index (Phi) is 3.27. The molecule has 0 aromatic rings. The molecule has 0 radical (unpaired) electrons. The number of rotatable bonds is 2. The van der Waals surface area contributed by atoms with Crippen molar-refractivity contribution in [1.29, 1.82) is 0 Å². The molecule has 0 aromatic heterocycles. The Morgan fingerprint density at radius 1 is 1.89 bits per heavy atom. The number of aliphatic hydroxyl groups is 1. The predicted octanol–water partition coefficient (Wildman–Crippen LogP) is -0.0924. The van der Waals surface area contributed by atoms with E-state index in [0.717, 1.165) is 0 Å². The molecule has 0 saturated carbocycles. The molecule has 0 amide bonds. The van der Waals surface area contributed by atoms with E-state index in [0.29, 0.717) is 6.26 Å². The van der Waals surface area contributed by atoms with E-state index in [1.807, 2.05) is 0 Å². The summed E-state index contributed by atoms with van der Waals surface area (Å²) in [6.45, 7) is 1.91. The molecule has 4 heteroatoms. The lowest BCUT2D eigenvalue weighted by atomic mass is 10.5. The second-order valence-corrected chi connectivity index (χ2v) is 1.30. The maximum absolute atomic E-state index is 10.4. The predicted molar refractivity (Wildman–Crippen MR) is 31.5 cm³/mol. The highest BCUT2D eigenvalue weighted by Gasteiger charge is 2.03. The van der Waals surface area contributed by atoms with Crippen LogP contribution >= 0.6 is 0 Å². The van der Waals surface area contributed by atoms with Crippen molar-refractivity contribution in [2.75, 3.05) is 6.61 Å². The van der Waals surface area contributed by atoms with E-state index < -0.39 is 5.97 Å². The minimum atomic E-state index is -0.694. The van der Waals surface area contributed by atoms with Gasteiger partial charge in [-0.3, -0.25) is 0 Å². The van der Waals surface area contributed by atoms with Crippen molar-refractivity contribution >= 4 is 5.97 Å². The molecule has 0 fully saturated rings. The highest BCUT2D eigenvalue weighted by molar-refractivity contribution is 5.86. The Morgan fingerprint density at radius 3 is 2.78 bits per heavy atom. The number of esters is 1. The summed E-state index contributed by atoms with van der Waals surface area (Å²) in [6.07, 6.45) is 0.512. The maximum atomic E-state index is 10.4. The Bertz CT molecular complexity index is 130. The van der Waals surface area contributed by atoms with E-state index in [1.165, 1.54) is 0 Å². The zero-order chi connectivity index (χ0) is 7.28. The van der Waals surface area contributed by atoms with Gasteiger partial charge in [-0.25, -0.2) is 4.79 Å². The fourth-order valence-electron chi connectivity index (χ4n) is 0.267. The van der Waals surface area contributed by atoms with Gasteiger partial charge in [0.25, 0.3) is 0 Å². The molecule has 0 aromatic carbocycles. The molecular formula is C5H9NO3. The van der Waals surface area contributed by atoms with Gasteiger partial charge in [0.2, 0.25) is 0 Å². The van der Waals surface area contributed by atoms with Crippen molar-refractivity contribution in [3.05, 3.63) is 12.0 Å². The second kappa shape index (κ2) is 3.77. The van der Waals surface area contributed by atoms with Crippen LogP contribution in [0.1, 0.15) is 6.92 Å². The first-order valence-corrected chi connectivity index (χ1v) is 2.49. The summed E-state index contributed by atoms with van der Waals surface area (Å²) in [5.74, 6) is -0.694. The minimum absolute atomic E-state index is 0.257. The first-order chi connectivity index (χ1) is 4.22. The van der Waals surface area contributed by atoms with Gasteiger partial charge in [-0.15, -0.1) is 0 Å². The maximum Gasteiger partial charge on any atom is 0.357 e. The van der Waals surface area contributed by atoms with Crippen molar-refractivity contribution in [3.63, 3.8) is 0 Å². The van der Waals surface area contributed by atoms with Gasteiger partial charge in [0, 0.05) is 0 Å². The number of ether oxygens (including phenoxy) is 1. The smallest absolute Gasteiger partial charge is 0.357 e. The van der Waals surface area contributed by atoms with Crippen molar-refractivity contribution in [2.24, 2.45) is 5.73 Å². The number of hydrogen-bond acceptors (Lipinski definition) is 4. The van der Waals surface area contributed by atoms with Gasteiger partial charge < -0.3 is 15.6 Å². The largest absolute Gasteiger partial charge is 0.513 e. The summed E-state index contributed by atoms with van der Waals surface area (Å²) in [6, 6.07) is 0. The molecule has 0 heterocycles. The average Bonchev–Trinajstić information content (AvgIpc) is 1.87. The van der Waals surface area contributed by atoms with E-state index in [9.17, 15) is 4.79 Å². The van der Waals surface area contributed by atoms with Crippen LogP contribution < -0.4 is 5.73 Å². The Balaban J connectivity index is 3.74. The number of nitrogens with two attached hydrogens (primary N) is 1. The molecule has 0 bridgehead atoms. The molecular weight excluding hydrogens is 122 g/mol. The fourth-order valence-corrected chi connectivity index (χ4v) is 0.267. The molecule has 0 atom stereocenters. The van der Waals surface area contributed by atoms with Gasteiger partial charge in [-0.1, -0.05) is 0 Å². The van der Waals surface area contributed by atoms with Crippen LogP contribution in [0.3, 0.4) is 0 Å². The third kappa shape index (κ3) is 2.58. The van der Waals surface area contributed by atoms with Crippen LogP contribution in [0.5, 0.6) is 0 Å². The number of aliphatic hydroxyl groups excluding tert-OH is 1. The lowest BCUT2D eigenvalue weighted by Gasteiger charge is -1.97. The summed E-state index contributed by atoms with van der Waals surface area (Å²) in [7, 11) is 0. The van der Waals surface area contributed by atoms with E-state index in [2.05, 4.69) is 4.74 Å². The molecule has 9 heavy (non-hydrogen) atoms. The third-order valence-corrected chi connectivity index (χ3v) is 0.650. The van der Waals surface area contributed by atoms with Crippen LogP contribution in [-0.2, 0) is 9.53 Å². The van der Waals surface area contributed by atoms with Crippen molar-refractivity contribution in [1.82, 2.24) is 0 Å². The SMILES string of the molecule is CCOC(=O)/C(N)=C\O. The van der Waals surface area contributed by atoms with Gasteiger partial charge in [0.05, 0.1) is 6.61 Å². The Hall–Kier alpha value is -1.19. The normalized spacial score (nSPS) is 11.0. The molecule has 52 valence electrons. The number of carbonyl (C=O) groups excluding carboxylic acids is 1. The monoisotopic (exact) mass is 131 g/mol. The molecule has 0 aliphatic rings. The molecule has 4 nitrogen and oxygen atoms in total. The van der Waals surface area contributed by atoms with Gasteiger partial charge in [0.1, 0.15) is 6.26 Å². The molecule has 0 aliphatic heterocycles. The molecule has 0 saturated heterocycles. The zero-order valence-corrected chi connectivity index (χ0v) is 5.13. The fraction of sp³-hybridized carbons (Fsp3) is 0.400. The van der Waals surface area contributed by atoms with Crippen LogP contribution in [0.25, 0.3) is 0 Å². The van der Waals surface area contributed by atoms with Crippen molar-refractivity contribution in [2.45, 2.75) is 6.92 Å². The molecule has 0 aliphatic carbocycles. The van der Waals surface area contributed by atoms with Gasteiger partial charge in [-0.05, 0) is 6.92 Å². The van der Waals surface area contributed by atoms with Crippen LogP contribution in [0, 0.1) is 0 Å². The summed E-state index contributed by atoms with van der Waals surface area (Å²) >= 11 is 0. The Morgan fingerprint density at radius 2 is 2.44 bits per heavy atom. The van der Waals surface area contributed by atoms with Crippen LogP contribution in [0.15, 0.2) is 12.0 Å². The first kappa shape index (κ1) is 7.81. The van der Waals surface area contributed by atoms with Gasteiger partial charge in [0.15, 0.2) is 5.70 Å². The number of hydrogen-bond donors (Lipinski definition) is 2. The van der Waals surface area contributed by atoms with Crippen LogP contribution in [0.2, 0.25) is 0 Å². The molecule has 3 N–H and O–H groups in total. The van der Waals surface area contributed by atoms with Crippen molar-refractivity contribution in [3.8, 4) is 0 Å². The lowest BCUT2D eigenvalue weighted by Crippen LogP contribution is -2.14. The summed E-state index contributed by atoms with van der Waals surface area (Å²) in [5.41, 5.74) is 4.66. The van der Waals surface area contributed by atoms with Gasteiger partial charge >= 0.3 is 5.97 Å². The van der Waals surface area contributed by atoms with Crippen molar-refractivity contribution < 1.29 is 14.6 Å². The topological polar surface area (TPSA) is 72.5 Å². The summed E-state index contributed by atoms with van der Waals surface area (Å²) in [4.78, 5) is 10.4.